The number of nitrogens with one attached hydrogen (secondary N) is 3. The summed E-state index contributed by atoms with van der Waals surface area (Å²) in [7, 11) is -3.56. The number of aromatic nitrogens is 5. The Morgan fingerprint density at radius 3 is 2.59 bits per heavy atom. The van der Waals surface area contributed by atoms with Gasteiger partial charge in [0.15, 0.2) is 20.6 Å². The molecule has 10 nitrogen and oxygen atoms in total. The van der Waals surface area contributed by atoms with E-state index in [9.17, 15) is 13.2 Å². The SMILES string of the molecule is O=c1[nH]c(Oc2cn[nH]c2)nc2cnc(S(=O)(=O)C3CC3)c(C3CCNCC3)c12. The summed E-state index contributed by atoms with van der Waals surface area (Å²) in [6.07, 6.45) is 7.08. The molecule has 2 aliphatic rings. The van der Waals surface area contributed by atoms with E-state index in [1.807, 2.05) is 0 Å². The lowest BCUT2D eigenvalue weighted by Crippen LogP contribution is -2.29. The van der Waals surface area contributed by atoms with Gasteiger partial charge in [-0.05, 0) is 44.7 Å². The van der Waals surface area contributed by atoms with E-state index in [1.165, 1.54) is 18.6 Å². The third-order valence-corrected chi connectivity index (χ3v) is 7.61. The van der Waals surface area contributed by atoms with E-state index in [2.05, 4.69) is 30.5 Å². The van der Waals surface area contributed by atoms with Crippen LogP contribution in [0, 0.1) is 0 Å². The van der Waals surface area contributed by atoms with E-state index in [4.69, 9.17) is 4.74 Å². The smallest absolute Gasteiger partial charge is 0.302 e. The van der Waals surface area contributed by atoms with Crippen molar-refractivity contribution in [2.75, 3.05) is 13.1 Å². The second-order valence-electron chi connectivity index (χ2n) is 7.41. The van der Waals surface area contributed by atoms with Crippen molar-refractivity contribution in [3.8, 4) is 11.8 Å². The molecule has 4 heterocycles. The quantitative estimate of drug-likeness (QED) is 0.564. The molecule has 0 atom stereocenters. The molecule has 1 saturated carbocycles. The minimum atomic E-state index is -3.56. The van der Waals surface area contributed by atoms with Gasteiger partial charge in [-0.2, -0.15) is 10.1 Å². The zero-order chi connectivity index (χ0) is 20.0. The highest BCUT2D eigenvalue weighted by atomic mass is 32.2. The zero-order valence-electron chi connectivity index (χ0n) is 15.5. The van der Waals surface area contributed by atoms with Crippen molar-refractivity contribution in [1.29, 1.82) is 0 Å². The number of hydrogen-bond donors (Lipinski definition) is 3. The lowest BCUT2D eigenvalue weighted by Gasteiger charge is -2.25. The summed E-state index contributed by atoms with van der Waals surface area (Å²) in [5, 5.41) is 9.59. The third kappa shape index (κ3) is 3.29. The third-order valence-electron chi connectivity index (χ3n) is 5.40. The van der Waals surface area contributed by atoms with Crippen molar-refractivity contribution in [1.82, 2.24) is 30.5 Å². The molecule has 0 bridgehead atoms. The Morgan fingerprint density at radius 2 is 1.90 bits per heavy atom. The summed E-state index contributed by atoms with van der Waals surface area (Å²) in [5.41, 5.74) is 0.381. The van der Waals surface area contributed by atoms with E-state index in [0.29, 0.717) is 29.7 Å². The van der Waals surface area contributed by atoms with E-state index in [-0.39, 0.29) is 22.3 Å². The number of pyridine rings is 1. The molecule has 3 aromatic heterocycles. The number of hydrogen-bond acceptors (Lipinski definition) is 8. The molecular weight excluding hydrogens is 396 g/mol. The first kappa shape index (κ1) is 18.3. The van der Waals surface area contributed by atoms with Crippen LogP contribution < -0.4 is 15.6 Å². The van der Waals surface area contributed by atoms with E-state index in [0.717, 1.165) is 25.9 Å². The fourth-order valence-corrected chi connectivity index (χ4v) is 5.67. The van der Waals surface area contributed by atoms with Gasteiger partial charge in [0.1, 0.15) is 5.52 Å². The maximum absolute atomic E-state index is 13.0. The minimum Gasteiger partial charge on any atom is -0.422 e. The molecule has 0 spiro atoms. The highest BCUT2D eigenvalue weighted by molar-refractivity contribution is 7.92. The van der Waals surface area contributed by atoms with Gasteiger partial charge in [0.25, 0.3) is 5.56 Å². The number of H-pyrrole nitrogens is 2. The molecule has 0 aromatic carbocycles. The standard InChI is InChI=1S/C18H20N6O4S/c25-16-15-13(23-18(24-16)28-11-7-21-22-8-11)9-20-17(29(26,27)12-1-2-12)14(15)10-3-5-19-6-4-10/h7-10,12,19H,1-6H2,(H,21,22)(H,23,24,25). The predicted molar refractivity (Wildman–Crippen MR) is 104 cm³/mol. The number of rotatable bonds is 5. The monoisotopic (exact) mass is 416 g/mol. The Bertz CT molecular complexity index is 1210. The van der Waals surface area contributed by atoms with Crippen LogP contribution in [0.3, 0.4) is 0 Å². The summed E-state index contributed by atoms with van der Waals surface area (Å²) < 4.78 is 31.6. The number of ether oxygens (including phenoxy) is 1. The van der Waals surface area contributed by atoms with Crippen molar-refractivity contribution in [2.24, 2.45) is 0 Å². The molecule has 3 aromatic rings. The Labute approximate surface area is 166 Å². The first-order valence-electron chi connectivity index (χ1n) is 9.58. The number of nitrogens with zero attached hydrogens (tertiary/aromatic N) is 3. The summed E-state index contributed by atoms with van der Waals surface area (Å²) in [6.45, 7) is 1.52. The van der Waals surface area contributed by atoms with Crippen molar-refractivity contribution < 1.29 is 13.2 Å². The summed E-state index contributed by atoms with van der Waals surface area (Å²) >= 11 is 0. The lowest BCUT2D eigenvalue weighted by molar-refractivity contribution is 0.441. The summed E-state index contributed by atoms with van der Waals surface area (Å²) in [5.74, 6) is 0.325. The number of aromatic amines is 2. The molecule has 11 heteroatoms. The Kier molecular flexibility index (Phi) is 4.36. The van der Waals surface area contributed by atoms with Crippen LogP contribution in [0.25, 0.3) is 10.9 Å². The molecule has 3 N–H and O–H groups in total. The topological polar surface area (TPSA) is 143 Å². The summed E-state index contributed by atoms with van der Waals surface area (Å²) in [6, 6.07) is -0.000221. The molecule has 152 valence electrons. The van der Waals surface area contributed by atoms with Gasteiger partial charge in [-0.15, -0.1) is 0 Å². The second-order valence-corrected chi connectivity index (χ2v) is 9.56. The molecule has 29 heavy (non-hydrogen) atoms. The van der Waals surface area contributed by atoms with Gasteiger partial charge in [-0.3, -0.25) is 14.9 Å². The number of sulfone groups is 1. The molecule has 1 aliphatic heterocycles. The van der Waals surface area contributed by atoms with Gasteiger partial charge in [0.2, 0.25) is 0 Å². The number of piperidine rings is 1. The minimum absolute atomic E-state index is 0.000221. The molecule has 5 rings (SSSR count). The molecule has 0 radical (unpaired) electrons. The van der Waals surface area contributed by atoms with Gasteiger partial charge in [0, 0.05) is 5.56 Å². The summed E-state index contributed by atoms with van der Waals surface area (Å²) in [4.78, 5) is 24.3. The van der Waals surface area contributed by atoms with Crippen molar-refractivity contribution >= 4 is 20.7 Å². The molecular formula is C18H20N6O4S. The first-order chi connectivity index (χ1) is 14.0. The Balaban J connectivity index is 1.70. The van der Waals surface area contributed by atoms with Crippen LogP contribution in [0.5, 0.6) is 11.8 Å². The van der Waals surface area contributed by atoms with Crippen molar-refractivity contribution in [3.63, 3.8) is 0 Å². The van der Waals surface area contributed by atoms with E-state index >= 15 is 0 Å². The Hall–Kier alpha value is -2.79. The molecule has 1 aliphatic carbocycles. The van der Waals surface area contributed by atoms with Crippen LogP contribution in [0.4, 0.5) is 0 Å². The zero-order valence-corrected chi connectivity index (χ0v) is 16.3. The van der Waals surface area contributed by atoms with Crippen LogP contribution in [-0.4, -0.2) is 51.9 Å². The second kappa shape index (κ2) is 6.92. The fraction of sp³-hybridized carbons (Fsp3) is 0.444. The van der Waals surface area contributed by atoms with E-state index in [1.54, 1.807) is 0 Å². The molecule has 0 unspecified atom stereocenters. The maximum atomic E-state index is 13.0. The van der Waals surface area contributed by atoms with Gasteiger partial charge in [0.05, 0.1) is 29.2 Å². The average molecular weight is 416 g/mol. The average Bonchev–Trinajstić information content (AvgIpc) is 3.47. The van der Waals surface area contributed by atoms with Gasteiger partial charge >= 0.3 is 6.01 Å². The van der Waals surface area contributed by atoms with Crippen molar-refractivity contribution in [2.45, 2.75) is 41.9 Å². The lowest BCUT2D eigenvalue weighted by atomic mass is 9.89. The fourth-order valence-electron chi connectivity index (χ4n) is 3.83. The van der Waals surface area contributed by atoms with Crippen molar-refractivity contribution in [3.05, 3.63) is 34.5 Å². The number of fused-ring (bicyclic) bond motifs is 1. The van der Waals surface area contributed by atoms with Gasteiger partial charge < -0.3 is 10.1 Å². The van der Waals surface area contributed by atoms with E-state index < -0.39 is 20.6 Å². The van der Waals surface area contributed by atoms with Crippen LogP contribution in [0.2, 0.25) is 0 Å². The van der Waals surface area contributed by atoms with Crippen LogP contribution in [0.15, 0.2) is 28.4 Å². The molecule has 1 saturated heterocycles. The predicted octanol–water partition coefficient (Wildman–Crippen LogP) is 1.24. The highest BCUT2D eigenvalue weighted by Gasteiger charge is 2.41. The largest absolute Gasteiger partial charge is 0.422 e. The first-order valence-corrected chi connectivity index (χ1v) is 11.1. The molecule has 0 amide bonds. The normalized spacial score (nSPS) is 18.2. The van der Waals surface area contributed by atoms with Crippen LogP contribution in [0.1, 0.15) is 37.2 Å². The van der Waals surface area contributed by atoms with Gasteiger partial charge in [-0.1, -0.05) is 0 Å². The van der Waals surface area contributed by atoms with Gasteiger partial charge in [-0.25, -0.2) is 13.4 Å². The maximum Gasteiger partial charge on any atom is 0.302 e. The van der Waals surface area contributed by atoms with Crippen LogP contribution in [-0.2, 0) is 9.84 Å². The van der Waals surface area contributed by atoms with Crippen LogP contribution >= 0.6 is 0 Å². The highest BCUT2D eigenvalue weighted by Crippen LogP contribution is 2.39. The Morgan fingerprint density at radius 1 is 1.10 bits per heavy atom. The molecule has 2 fully saturated rings.